The molecule has 0 unspecified atom stereocenters. The van der Waals surface area contributed by atoms with Gasteiger partial charge in [0.05, 0.1) is 12.2 Å². The zero-order valence-electron chi connectivity index (χ0n) is 16.4. The molecule has 1 aromatic carbocycles. The smallest absolute Gasteiger partial charge is 0.253 e. The molecule has 3 aliphatic rings. The molecule has 0 aromatic heterocycles. The topological polar surface area (TPSA) is 49.9 Å². The monoisotopic (exact) mass is 370 g/mol. The van der Waals surface area contributed by atoms with Gasteiger partial charge in [-0.15, -0.1) is 0 Å². The number of hydrogen-bond donors (Lipinski definition) is 0. The van der Waals surface area contributed by atoms with E-state index in [-0.39, 0.29) is 29.9 Å². The normalized spacial score (nSPS) is 26.1. The Morgan fingerprint density at radius 1 is 0.963 bits per heavy atom. The Kier molecular flexibility index (Phi) is 5.22. The van der Waals surface area contributed by atoms with Gasteiger partial charge in [-0.1, -0.05) is 6.07 Å². The van der Waals surface area contributed by atoms with E-state index in [4.69, 9.17) is 4.74 Å². The largest absolute Gasteiger partial charge is 0.372 e. The molecule has 0 radical (unpaired) electrons. The van der Waals surface area contributed by atoms with Gasteiger partial charge in [0.1, 0.15) is 0 Å². The third-order valence-electron chi connectivity index (χ3n) is 6.21. The number of amides is 2. The minimum Gasteiger partial charge on any atom is -0.372 e. The predicted octanol–water partition coefficient (Wildman–Crippen LogP) is 2.66. The summed E-state index contributed by atoms with van der Waals surface area (Å²) in [5, 5.41) is 0. The van der Waals surface area contributed by atoms with Crippen LogP contribution in [0.5, 0.6) is 0 Å². The van der Waals surface area contributed by atoms with Gasteiger partial charge in [-0.2, -0.15) is 0 Å². The van der Waals surface area contributed by atoms with Crippen LogP contribution in [0.3, 0.4) is 0 Å². The number of likely N-dealkylation sites (tertiary alicyclic amines) is 1. The van der Waals surface area contributed by atoms with Gasteiger partial charge < -0.3 is 14.5 Å². The fourth-order valence-electron chi connectivity index (χ4n) is 4.83. The van der Waals surface area contributed by atoms with E-state index in [0.717, 1.165) is 31.2 Å². The molecule has 2 heterocycles. The number of hydrogen-bond acceptors (Lipinski definition) is 3. The molecule has 1 aliphatic carbocycles. The van der Waals surface area contributed by atoms with Crippen LogP contribution >= 0.6 is 0 Å². The van der Waals surface area contributed by atoms with Crippen molar-refractivity contribution in [2.24, 2.45) is 5.92 Å². The van der Waals surface area contributed by atoms with Gasteiger partial charge in [0.25, 0.3) is 5.91 Å². The molecule has 0 saturated carbocycles. The van der Waals surface area contributed by atoms with Gasteiger partial charge in [-0.05, 0) is 69.2 Å². The Morgan fingerprint density at radius 2 is 1.63 bits per heavy atom. The maximum absolute atomic E-state index is 12.9. The molecule has 2 fully saturated rings. The molecule has 1 aromatic rings. The fraction of sp³-hybridized carbons (Fsp3) is 0.636. The molecule has 4 rings (SSSR count). The highest BCUT2D eigenvalue weighted by Crippen LogP contribution is 2.26. The third kappa shape index (κ3) is 3.88. The van der Waals surface area contributed by atoms with Crippen molar-refractivity contribution in [3.05, 3.63) is 34.9 Å². The number of rotatable bonds is 2. The highest BCUT2D eigenvalue weighted by Gasteiger charge is 2.33. The summed E-state index contributed by atoms with van der Waals surface area (Å²) < 4.78 is 5.74. The second-order valence-electron chi connectivity index (χ2n) is 8.40. The predicted molar refractivity (Wildman–Crippen MR) is 104 cm³/mol. The van der Waals surface area contributed by atoms with Crippen LogP contribution in [0.2, 0.25) is 0 Å². The lowest BCUT2D eigenvalue weighted by Crippen LogP contribution is -2.51. The summed E-state index contributed by atoms with van der Waals surface area (Å²) in [5.74, 6) is 0.386. The molecule has 5 heteroatoms. The number of nitrogens with zero attached hydrogens (tertiary/aromatic N) is 2. The summed E-state index contributed by atoms with van der Waals surface area (Å²) in [6.45, 7) is 6.74. The molecular formula is C22H30N2O3. The van der Waals surface area contributed by atoms with E-state index in [9.17, 15) is 9.59 Å². The Balaban J connectivity index is 1.34. The maximum atomic E-state index is 12.9. The van der Waals surface area contributed by atoms with Crippen molar-refractivity contribution < 1.29 is 14.3 Å². The molecule has 27 heavy (non-hydrogen) atoms. The Bertz CT molecular complexity index is 714. The van der Waals surface area contributed by atoms with Crippen LogP contribution in [0.1, 0.15) is 54.6 Å². The summed E-state index contributed by atoms with van der Waals surface area (Å²) in [7, 11) is 0. The first-order valence-electron chi connectivity index (χ1n) is 10.4. The molecule has 146 valence electrons. The van der Waals surface area contributed by atoms with Crippen LogP contribution in [0.15, 0.2) is 18.2 Å². The number of benzene rings is 1. The number of carbonyl (C=O) groups is 2. The summed E-state index contributed by atoms with van der Waals surface area (Å²) in [6.07, 6.45) is 5.13. The molecule has 2 aliphatic heterocycles. The SMILES string of the molecule is C[C@@H]1CN(C(=O)C2CCN(C(=O)c3ccc4c(c3)CCC4)CC2)C[C@@H](C)O1. The van der Waals surface area contributed by atoms with Gasteiger partial charge in [0.2, 0.25) is 5.91 Å². The van der Waals surface area contributed by atoms with Crippen LogP contribution in [0.25, 0.3) is 0 Å². The number of piperidine rings is 1. The quantitative estimate of drug-likeness (QED) is 0.804. The minimum atomic E-state index is 0.0339. The van der Waals surface area contributed by atoms with E-state index in [0.29, 0.717) is 26.2 Å². The van der Waals surface area contributed by atoms with Gasteiger partial charge >= 0.3 is 0 Å². The Labute approximate surface area is 161 Å². The number of aryl methyl sites for hydroxylation is 2. The van der Waals surface area contributed by atoms with Crippen LogP contribution < -0.4 is 0 Å². The molecule has 0 bridgehead atoms. The van der Waals surface area contributed by atoms with E-state index in [1.54, 1.807) is 0 Å². The lowest BCUT2D eigenvalue weighted by molar-refractivity contribution is -0.148. The standard InChI is InChI=1S/C22H30N2O3/c1-15-13-24(14-16(2)27-15)21(25)18-8-10-23(11-9-18)22(26)20-7-6-17-4-3-5-19(17)12-20/h6-7,12,15-16,18H,3-5,8-11,13-14H2,1-2H3/t15-,16-/m1/s1. The number of morpholine rings is 1. The Hall–Kier alpha value is -1.88. The first-order chi connectivity index (χ1) is 13.0. The summed E-state index contributed by atoms with van der Waals surface area (Å²) in [4.78, 5) is 29.6. The van der Waals surface area contributed by atoms with E-state index in [1.165, 1.54) is 17.5 Å². The molecule has 2 atom stereocenters. The second-order valence-corrected chi connectivity index (χ2v) is 8.40. The second kappa shape index (κ2) is 7.63. The molecule has 5 nitrogen and oxygen atoms in total. The first-order valence-corrected chi connectivity index (χ1v) is 10.4. The van der Waals surface area contributed by atoms with Crippen LogP contribution in [-0.2, 0) is 22.4 Å². The maximum Gasteiger partial charge on any atom is 0.253 e. The van der Waals surface area contributed by atoms with Gasteiger partial charge in [-0.25, -0.2) is 0 Å². The zero-order valence-corrected chi connectivity index (χ0v) is 16.4. The van der Waals surface area contributed by atoms with E-state index < -0.39 is 0 Å². The Morgan fingerprint density at radius 3 is 2.33 bits per heavy atom. The van der Waals surface area contributed by atoms with Crippen molar-refractivity contribution in [3.8, 4) is 0 Å². The lowest BCUT2D eigenvalue weighted by atomic mass is 9.94. The summed E-state index contributed by atoms with van der Waals surface area (Å²) in [5.41, 5.74) is 3.53. The molecule has 0 N–H and O–H groups in total. The molecule has 0 spiro atoms. The van der Waals surface area contributed by atoms with Crippen molar-refractivity contribution in [2.45, 2.75) is 58.2 Å². The summed E-state index contributed by atoms with van der Waals surface area (Å²) >= 11 is 0. The first kappa shape index (κ1) is 18.5. The van der Waals surface area contributed by atoms with Crippen LogP contribution in [0.4, 0.5) is 0 Å². The van der Waals surface area contributed by atoms with Gasteiger partial charge in [0, 0.05) is 37.7 Å². The third-order valence-corrected chi connectivity index (χ3v) is 6.21. The lowest BCUT2D eigenvalue weighted by Gasteiger charge is -2.39. The number of ether oxygens (including phenoxy) is 1. The van der Waals surface area contributed by atoms with Crippen molar-refractivity contribution in [1.29, 1.82) is 0 Å². The summed E-state index contributed by atoms with van der Waals surface area (Å²) in [6, 6.07) is 6.17. The highest BCUT2D eigenvalue weighted by atomic mass is 16.5. The van der Waals surface area contributed by atoms with Crippen molar-refractivity contribution >= 4 is 11.8 Å². The van der Waals surface area contributed by atoms with Crippen molar-refractivity contribution in [2.75, 3.05) is 26.2 Å². The van der Waals surface area contributed by atoms with E-state index in [2.05, 4.69) is 12.1 Å². The van der Waals surface area contributed by atoms with E-state index in [1.807, 2.05) is 29.7 Å². The average Bonchev–Trinajstić information content (AvgIpc) is 3.14. The minimum absolute atomic E-state index is 0.0339. The zero-order chi connectivity index (χ0) is 19.0. The molecule has 2 saturated heterocycles. The number of carbonyl (C=O) groups excluding carboxylic acids is 2. The van der Waals surface area contributed by atoms with Gasteiger partial charge in [0.15, 0.2) is 0 Å². The number of fused-ring (bicyclic) bond motifs is 1. The fourth-order valence-corrected chi connectivity index (χ4v) is 4.83. The van der Waals surface area contributed by atoms with Gasteiger partial charge in [-0.3, -0.25) is 9.59 Å². The molecular weight excluding hydrogens is 340 g/mol. The molecule has 2 amide bonds. The average molecular weight is 370 g/mol. The highest BCUT2D eigenvalue weighted by molar-refractivity contribution is 5.94. The van der Waals surface area contributed by atoms with Crippen LogP contribution in [-0.4, -0.2) is 60.0 Å². The van der Waals surface area contributed by atoms with Crippen molar-refractivity contribution in [1.82, 2.24) is 9.80 Å². The van der Waals surface area contributed by atoms with E-state index >= 15 is 0 Å². The van der Waals surface area contributed by atoms with Crippen molar-refractivity contribution in [3.63, 3.8) is 0 Å². The van der Waals surface area contributed by atoms with Crippen LogP contribution in [0, 0.1) is 5.92 Å².